The normalized spacial score (nSPS) is 10.6. The summed E-state index contributed by atoms with van der Waals surface area (Å²) in [5, 5.41) is 2.86. The van der Waals surface area contributed by atoms with Gasteiger partial charge in [-0.3, -0.25) is 4.79 Å². The van der Waals surface area contributed by atoms with Crippen LogP contribution in [0.3, 0.4) is 0 Å². The van der Waals surface area contributed by atoms with Crippen molar-refractivity contribution >= 4 is 17.3 Å². The lowest BCUT2D eigenvalue weighted by Crippen LogP contribution is -2.12. The summed E-state index contributed by atoms with van der Waals surface area (Å²) in [5.74, 6) is 1.10. The van der Waals surface area contributed by atoms with Crippen molar-refractivity contribution in [3.05, 3.63) is 53.6 Å². The van der Waals surface area contributed by atoms with Gasteiger partial charge >= 0.3 is 0 Å². The molecule has 0 aliphatic rings. The van der Waals surface area contributed by atoms with E-state index in [9.17, 15) is 4.79 Å². The molecule has 0 heterocycles. The fourth-order valence-corrected chi connectivity index (χ4v) is 2.36. The van der Waals surface area contributed by atoms with Gasteiger partial charge in [0.05, 0.1) is 12.8 Å². The smallest absolute Gasteiger partial charge is 0.224 e. The molecule has 0 unspecified atom stereocenters. The van der Waals surface area contributed by atoms with Gasteiger partial charge in [0, 0.05) is 12.1 Å². The zero-order chi connectivity index (χ0) is 16.8. The van der Waals surface area contributed by atoms with Gasteiger partial charge in [-0.2, -0.15) is 0 Å². The summed E-state index contributed by atoms with van der Waals surface area (Å²) in [6, 6.07) is 13.7. The Morgan fingerprint density at radius 3 is 2.43 bits per heavy atom. The van der Waals surface area contributed by atoms with Crippen LogP contribution in [0.4, 0.5) is 11.4 Å². The number of aryl methyl sites for hydroxylation is 1. The number of anilines is 2. The Balaban J connectivity index is 1.88. The molecule has 4 nitrogen and oxygen atoms in total. The van der Waals surface area contributed by atoms with Crippen molar-refractivity contribution in [2.45, 2.75) is 32.6 Å². The Hall–Kier alpha value is -2.49. The number of benzene rings is 2. The van der Waals surface area contributed by atoms with E-state index in [1.54, 1.807) is 25.3 Å². The number of carbonyl (C=O) groups is 1. The zero-order valence-electron chi connectivity index (χ0n) is 13.9. The number of nitrogens with two attached hydrogens (primary N) is 1. The maximum atomic E-state index is 12.0. The van der Waals surface area contributed by atoms with Gasteiger partial charge in [0.2, 0.25) is 5.91 Å². The second kappa shape index (κ2) is 7.68. The first kappa shape index (κ1) is 16.9. The molecule has 2 aromatic carbocycles. The van der Waals surface area contributed by atoms with Crippen LogP contribution in [0.25, 0.3) is 0 Å². The van der Waals surface area contributed by atoms with E-state index in [1.165, 1.54) is 11.1 Å². The number of hydrogen-bond acceptors (Lipinski definition) is 3. The van der Waals surface area contributed by atoms with Gasteiger partial charge in [-0.25, -0.2) is 0 Å². The van der Waals surface area contributed by atoms with Gasteiger partial charge in [-0.05, 0) is 41.7 Å². The molecule has 2 aromatic rings. The lowest BCUT2D eigenvalue weighted by molar-refractivity contribution is -0.116. The van der Waals surface area contributed by atoms with Crippen LogP contribution in [0.2, 0.25) is 0 Å². The van der Waals surface area contributed by atoms with Gasteiger partial charge in [-0.15, -0.1) is 0 Å². The molecule has 0 fully saturated rings. The zero-order valence-corrected chi connectivity index (χ0v) is 13.9. The van der Waals surface area contributed by atoms with Crippen LogP contribution < -0.4 is 15.8 Å². The topological polar surface area (TPSA) is 64.3 Å². The fourth-order valence-electron chi connectivity index (χ4n) is 2.36. The van der Waals surface area contributed by atoms with E-state index in [1.807, 2.05) is 0 Å². The second-order valence-corrected chi connectivity index (χ2v) is 5.90. The highest BCUT2D eigenvalue weighted by Gasteiger charge is 2.06. The molecule has 3 N–H and O–H groups in total. The number of rotatable bonds is 6. The minimum absolute atomic E-state index is 0.0255. The highest BCUT2D eigenvalue weighted by molar-refractivity contribution is 5.91. The molecule has 0 atom stereocenters. The lowest BCUT2D eigenvalue weighted by atomic mass is 10.0. The maximum Gasteiger partial charge on any atom is 0.224 e. The van der Waals surface area contributed by atoms with Crippen molar-refractivity contribution in [1.82, 2.24) is 0 Å². The van der Waals surface area contributed by atoms with Crippen LogP contribution in [0.15, 0.2) is 42.5 Å². The van der Waals surface area contributed by atoms with Crippen LogP contribution >= 0.6 is 0 Å². The first-order chi connectivity index (χ1) is 11.0. The Labute approximate surface area is 137 Å². The summed E-state index contributed by atoms with van der Waals surface area (Å²) in [4.78, 5) is 12.0. The first-order valence-electron chi connectivity index (χ1n) is 7.82. The fraction of sp³-hybridized carbons (Fsp3) is 0.316. The molecule has 0 bridgehead atoms. The van der Waals surface area contributed by atoms with Gasteiger partial charge < -0.3 is 15.8 Å². The third-order valence-corrected chi connectivity index (χ3v) is 3.80. The van der Waals surface area contributed by atoms with Crippen molar-refractivity contribution in [1.29, 1.82) is 0 Å². The number of hydrogen-bond donors (Lipinski definition) is 2. The molecule has 0 spiro atoms. The van der Waals surface area contributed by atoms with Crippen LogP contribution in [0.5, 0.6) is 5.75 Å². The Kier molecular flexibility index (Phi) is 5.63. The molecular weight excluding hydrogens is 288 g/mol. The Morgan fingerprint density at radius 2 is 1.87 bits per heavy atom. The van der Waals surface area contributed by atoms with Gasteiger partial charge in [0.1, 0.15) is 5.75 Å². The van der Waals surface area contributed by atoms with E-state index >= 15 is 0 Å². The number of nitrogens with one attached hydrogen (secondary N) is 1. The van der Waals surface area contributed by atoms with E-state index in [4.69, 9.17) is 10.5 Å². The standard InChI is InChI=1S/C19H24N2O2/c1-13(2)15-7-4-14(5-8-15)6-11-19(22)21-16-9-10-18(23-3)17(20)12-16/h4-5,7-10,12-13H,6,11,20H2,1-3H3,(H,21,22). The minimum Gasteiger partial charge on any atom is -0.495 e. The van der Waals surface area contributed by atoms with Gasteiger partial charge in [-0.1, -0.05) is 38.1 Å². The van der Waals surface area contributed by atoms with Crippen LogP contribution in [-0.2, 0) is 11.2 Å². The molecule has 2 rings (SSSR count). The third-order valence-electron chi connectivity index (χ3n) is 3.80. The molecule has 0 aliphatic heterocycles. The van der Waals surface area contributed by atoms with E-state index in [0.29, 0.717) is 29.5 Å². The van der Waals surface area contributed by atoms with E-state index in [2.05, 4.69) is 43.4 Å². The Morgan fingerprint density at radius 1 is 1.17 bits per heavy atom. The molecular formula is C19H24N2O2. The summed E-state index contributed by atoms with van der Waals surface area (Å²) in [6.07, 6.45) is 1.16. The van der Waals surface area contributed by atoms with Crippen LogP contribution in [0.1, 0.15) is 37.3 Å². The van der Waals surface area contributed by atoms with Crippen LogP contribution in [0, 0.1) is 0 Å². The average molecular weight is 312 g/mol. The molecule has 0 aromatic heterocycles. The van der Waals surface area contributed by atoms with Crippen molar-refractivity contribution < 1.29 is 9.53 Å². The van der Waals surface area contributed by atoms with Crippen LogP contribution in [-0.4, -0.2) is 13.0 Å². The van der Waals surface area contributed by atoms with Gasteiger partial charge in [0.15, 0.2) is 0 Å². The number of ether oxygens (including phenoxy) is 1. The molecule has 0 saturated carbocycles. The molecule has 0 aliphatic carbocycles. The van der Waals surface area contributed by atoms with Crippen molar-refractivity contribution in [2.24, 2.45) is 0 Å². The lowest BCUT2D eigenvalue weighted by Gasteiger charge is -2.09. The first-order valence-corrected chi connectivity index (χ1v) is 7.82. The van der Waals surface area contributed by atoms with Crippen molar-refractivity contribution in [2.75, 3.05) is 18.2 Å². The number of nitrogen functional groups attached to an aromatic ring is 1. The van der Waals surface area contributed by atoms with E-state index < -0.39 is 0 Å². The summed E-state index contributed by atoms with van der Waals surface area (Å²) in [7, 11) is 1.56. The van der Waals surface area contributed by atoms with E-state index in [-0.39, 0.29) is 5.91 Å². The molecule has 122 valence electrons. The molecule has 1 amide bonds. The molecule has 4 heteroatoms. The van der Waals surface area contributed by atoms with E-state index in [0.717, 1.165) is 6.42 Å². The summed E-state index contributed by atoms with van der Waals surface area (Å²) < 4.78 is 5.10. The predicted molar refractivity (Wildman–Crippen MR) is 94.9 cm³/mol. The molecule has 0 saturated heterocycles. The average Bonchev–Trinajstić information content (AvgIpc) is 2.53. The molecule has 0 radical (unpaired) electrons. The van der Waals surface area contributed by atoms with Gasteiger partial charge in [0.25, 0.3) is 0 Å². The highest BCUT2D eigenvalue weighted by Crippen LogP contribution is 2.24. The third kappa shape index (κ3) is 4.74. The number of amides is 1. The largest absolute Gasteiger partial charge is 0.495 e. The maximum absolute atomic E-state index is 12.0. The monoisotopic (exact) mass is 312 g/mol. The SMILES string of the molecule is COc1ccc(NC(=O)CCc2ccc(C(C)C)cc2)cc1N. The summed E-state index contributed by atoms with van der Waals surface area (Å²) in [5.41, 5.74) is 9.50. The second-order valence-electron chi connectivity index (χ2n) is 5.90. The highest BCUT2D eigenvalue weighted by atomic mass is 16.5. The number of carbonyl (C=O) groups excluding carboxylic acids is 1. The quantitative estimate of drug-likeness (QED) is 0.793. The summed E-state index contributed by atoms with van der Waals surface area (Å²) in [6.45, 7) is 4.34. The number of methoxy groups -OCH3 is 1. The minimum atomic E-state index is -0.0255. The van der Waals surface area contributed by atoms with Crippen molar-refractivity contribution in [3.8, 4) is 5.75 Å². The molecule has 23 heavy (non-hydrogen) atoms. The predicted octanol–water partition coefficient (Wildman–Crippen LogP) is 3.97. The Bertz CT molecular complexity index is 664. The van der Waals surface area contributed by atoms with Crippen molar-refractivity contribution in [3.63, 3.8) is 0 Å². The summed E-state index contributed by atoms with van der Waals surface area (Å²) >= 11 is 0.